The maximum Gasteiger partial charge on any atom is 0.164 e. The highest BCUT2D eigenvalue weighted by Gasteiger charge is 2.26. The van der Waals surface area contributed by atoms with E-state index < -0.39 is 0 Å². The Labute approximate surface area is 373 Å². The topological polar surface area (TPSA) is 56.7 Å². The first-order valence-electron chi connectivity index (χ1n) is 22.1. The normalized spacial score (nSPS) is 12.2. The van der Waals surface area contributed by atoms with Crippen LogP contribution in [-0.4, -0.2) is 19.5 Å². The SMILES string of the molecule is CC(C)(C)c1ccc2c(c1)c1cc(C(C)(C)C)ccc1n2-c1c(-c2ccccc2)cc(-c2nc(-c3ccccc3)nc(-c3cccc4oc5ccccc5c34)n2)cc1-c1ccccc1. The zero-order valence-corrected chi connectivity index (χ0v) is 37.0. The monoisotopic (exact) mass is 828 g/mol. The van der Waals surface area contributed by atoms with Gasteiger partial charge in [0.2, 0.25) is 0 Å². The van der Waals surface area contributed by atoms with Crippen molar-refractivity contribution in [2.45, 2.75) is 52.4 Å². The Morgan fingerprint density at radius 3 is 1.39 bits per heavy atom. The Morgan fingerprint density at radius 1 is 0.375 bits per heavy atom. The van der Waals surface area contributed by atoms with E-state index in [-0.39, 0.29) is 10.8 Å². The summed E-state index contributed by atoms with van der Waals surface area (Å²) in [7, 11) is 0. The van der Waals surface area contributed by atoms with Crippen molar-refractivity contribution >= 4 is 43.7 Å². The fourth-order valence-corrected chi connectivity index (χ4v) is 9.18. The molecule has 11 aromatic rings. The Balaban J connectivity index is 1.25. The van der Waals surface area contributed by atoms with Crippen LogP contribution in [0.25, 0.3) is 106 Å². The number of hydrogen-bond acceptors (Lipinski definition) is 4. The van der Waals surface area contributed by atoms with Gasteiger partial charge in [-0.2, -0.15) is 0 Å². The van der Waals surface area contributed by atoms with E-state index in [1.807, 2.05) is 48.5 Å². The van der Waals surface area contributed by atoms with E-state index in [1.54, 1.807) is 0 Å². The third-order valence-corrected chi connectivity index (χ3v) is 12.6. The Hall–Kier alpha value is -7.63. The third kappa shape index (κ3) is 6.76. The molecule has 0 saturated heterocycles. The average molecular weight is 829 g/mol. The second-order valence-electron chi connectivity index (χ2n) is 18.9. The Morgan fingerprint density at radius 2 is 0.844 bits per heavy atom. The molecule has 0 saturated carbocycles. The van der Waals surface area contributed by atoms with Crippen LogP contribution < -0.4 is 0 Å². The van der Waals surface area contributed by atoms with Crippen molar-refractivity contribution in [2.24, 2.45) is 0 Å². The van der Waals surface area contributed by atoms with Crippen molar-refractivity contribution in [1.29, 1.82) is 0 Å². The summed E-state index contributed by atoms with van der Waals surface area (Å²) in [5.41, 5.74) is 14.6. The molecule has 8 aromatic carbocycles. The van der Waals surface area contributed by atoms with Crippen molar-refractivity contribution in [2.75, 3.05) is 0 Å². The molecule has 0 N–H and O–H groups in total. The van der Waals surface area contributed by atoms with Crippen molar-refractivity contribution < 1.29 is 4.42 Å². The molecule has 64 heavy (non-hydrogen) atoms. The molecular weight excluding hydrogens is 781 g/mol. The van der Waals surface area contributed by atoms with Gasteiger partial charge in [-0.15, -0.1) is 0 Å². The molecule has 0 spiro atoms. The molecule has 0 aliphatic heterocycles. The summed E-state index contributed by atoms with van der Waals surface area (Å²) >= 11 is 0. The highest BCUT2D eigenvalue weighted by atomic mass is 16.3. The van der Waals surface area contributed by atoms with Crippen molar-refractivity contribution in [3.8, 4) is 62.1 Å². The van der Waals surface area contributed by atoms with E-state index >= 15 is 0 Å². The fraction of sp³-hybridized carbons (Fsp3) is 0.136. The average Bonchev–Trinajstić information content (AvgIpc) is 3.86. The molecule has 0 aliphatic carbocycles. The van der Waals surface area contributed by atoms with Crippen LogP contribution in [0.5, 0.6) is 0 Å². The molecule has 0 aliphatic rings. The summed E-state index contributed by atoms with van der Waals surface area (Å²) in [6, 6.07) is 64.6. The second kappa shape index (κ2) is 15.0. The van der Waals surface area contributed by atoms with Crippen LogP contribution in [0.15, 0.2) is 186 Å². The Kier molecular flexibility index (Phi) is 9.21. The number of nitrogens with zero attached hydrogens (tertiary/aromatic N) is 4. The predicted molar refractivity (Wildman–Crippen MR) is 266 cm³/mol. The number of hydrogen-bond donors (Lipinski definition) is 0. The minimum atomic E-state index is -0.0193. The lowest BCUT2D eigenvalue weighted by molar-refractivity contribution is 0.590. The van der Waals surface area contributed by atoms with Crippen LogP contribution in [0.4, 0.5) is 0 Å². The van der Waals surface area contributed by atoms with E-state index in [1.165, 1.54) is 21.9 Å². The number of aromatic nitrogens is 4. The molecule has 5 heteroatoms. The molecular formula is C59H48N4O. The highest BCUT2D eigenvalue weighted by Crippen LogP contribution is 2.45. The maximum absolute atomic E-state index is 6.36. The quantitative estimate of drug-likeness (QED) is 0.168. The van der Waals surface area contributed by atoms with Crippen LogP contribution >= 0.6 is 0 Å². The van der Waals surface area contributed by atoms with Gasteiger partial charge in [-0.25, -0.2) is 15.0 Å². The molecule has 0 bridgehead atoms. The van der Waals surface area contributed by atoms with Gasteiger partial charge in [0.15, 0.2) is 17.5 Å². The minimum Gasteiger partial charge on any atom is -0.456 e. The number of fused-ring (bicyclic) bond motifs is 6. The summed E-state index contributed by atoms with van der Waals surface area (Å²) in [6.07, 6.45) is 0. The summed E-state index contributed by atoms with van der Waals surface area (Å²) in [5, 5.41) is 4.49. The van der Waals surface area contributed by atoms with Crippen LogP contribution in [0.2, 0.25) is 0 Å². The van der Waals surface area contributed by atoms with Crippen molar-refractivity contribution in [1.82, 2.24) is 19.5 Å². The zero-order chi connectivity index (χ0) is 43.7. The smallest absolute Gasteiger partial charge is 0.164 e. The molecule has 0 radical (unpaired) electrons. The minimum absolute atomic E-state index is 0.0193. The number of para-hydroxylation sites is 1. The largest absolute Gasteiger partial charge is 0.456 e. The molecule has 5 nitrogen and oxygen atoms in total. The van der Waals surface area contributed by atoms with Crippen LogP contribution in [0, 0.1) is 0 Å². The van der Waals surface area contributed by atoms with Gasteiger partial charge in [-0.1, -0.05) is 175 Å². The molecule has 3 aromatic heterocycles. The van der Waals surface area contributed by atoms with Gasteiger partial charge in [0.05, 0.1) is 16.7 Å². The van der Waals surface area contributed by atoms with Crippen LogP contribution in [0.3, 0.4) is 0 Å². The summed E-state index contributed by atoms with van der Waals surface area (Å²) in [5.74, 6) is 1.77. The number of rotatable bonds is 6. The number of benzene rings is 8. The summed E-state index contributed by atoms with van der Waals surface area (Å²) in [6.45, 7) is 13.8. The van der Waals surface area contributed by atoms with E-state index in [2.05, 4.69) is 180 Å². The molecule has 0 fully saturated rings. The lowest BCUT2D eigenvalue weighted by atomic mass is 9.85. The molecule has 0 atom stereocenters. The van der Waals surface area contributed by atoms with Gasteiger partial charge < -0.3 is 8.98 Å². The standard InChI is InChI=1S/C59H48N4O/c1-58(2,3)41-29-31-49-47(35-41)48-36-42(59(4,5)6)30-32-50(48)63(49)54-45(37-19-10-7-11-20-37)33-40(34-46(54)38-21-12-8-13-22-38)56-60-55(39-23-14-9-15-24-39)61-57(62-56)44-26-18-28-52-53(44)43-25-16-17-27-51(43)64-52/h7-36H,1-6H3. The lowest BCUT2D eigenvalue weighted by Gasteiger charge is -2.22. The van der Waals surface area contributed by atoms with E-state index in [0.717, 1.165) is 77.6 Å². The zero-order valence-electron chi connectivity index (χ0n) is 37.0. The van der Waals surface area contributed by atoms with Crippen LogP contribution in [0.1, 0.15) is 52.7 Å². The number of furan rings is 1. The first-order valence-corrected chi connectivity index (χ1v) is 22.1. The van der Waals surface area contributed by atoms with Gasteiger partial charge in [0.25, 0.3) is 0 Å². The predicted octanol–water partition coefficient (Wildman–Crippen LogP) is 15.8. The lowest BCUT2D eigenvalue weighted by Crippen LogP contribution is -2.10. The fourth-order valence-electron chi connectivity index (χ4n) is 9.18. The summed E-state index contributed by atoms with van der Waals surface area (Å²) < 4.78 is 8.85. The third-order valence-electron chi connectivity index (χ3n) is 12.6. The Bertz CT molecular complexity index is 3420. The summed E-state index contributed by atoms with van der Waals surface area (Å²) in [4.78, 5) is 15.9. The molecule has 310 valence electrons. The van der Waals surface area contributed by atoms with Gasteiger partial charge in [-0.3, -0.25) is 0 Å². The highest BCUT2D eigenvalue weighted by molar-refractivity contribution is 6.13. The van der Waals surface area contributed by atoms with E-state index in [9.17, 15) is 0 Å². The first-order chi connectivity index (χ1) is 31.0. The van der Waals surface area contributed by atoms with Gasteiger partial charge in [0.1, 0.15) is 11.2 Å². The molecule has 0 amide bonds. The van der Waals surface area contributed by atoms with Crippen molar-refractivity contribution in [3.63, 3.8) is 0 Å². The molecule has 3 heterocycles. The van der Waals surface area contributed by atoms with Gasteiger partial charge >= 0.3 is 0 Å². The van der Waals surface area contributed by atoms with Crippen LogP contribution in [-0.2, 0) is 10.8 Å². The van der Waals surface area contributed by atoms with Crippen molar-refractivity contribution in [3.05, 3.63) is 193 Å². The van der Waals surface area contributed by atoms with E-state index in [0.29, 0.717) is 17.5 Å². The van der Waals surface area contributed by atoms with Gasteiger partial charge in [-0.05, 0) is 81.6 Å². The second-order valence-corrected chi connectivity index (χ2v) is 18.9. The van der Waals surface area contributed by atoms with E-state index in [4.69, 9.17) is 19.4 Å². The molecule has 11 rings (SSSR count). The maximum atomic E-state index is 6.36. The molecule has 0 unspecified atom stereocenters. The van der Waals surface area contributed by atoms with Gasteiger partial charge in [0, 0.05) is 49.4 Å². The first kappa shape index (κ1) is 39.2.